The number of carbonyl (C=O) groups excluding carboxylic acids is 1. The van der Waals surface area contributed by atoms with Gasteiger partial charge in [-0.1, -0.05) is 17.4 Å². The van der Waals surface area contributed by atoms with Crippen LogP contribution in [-0.2, 0) is 14.3 Å². The van der Waals surface area contributed by atoms with E-state index in [-0.39, 0.29) is 16.9 Å². The molecule has 11 nitrogen and oxygen atoms in total. The van der Waals surface area contributed by atoms with E-state index in [0.29, 0.717) is 54.5 Å². The number of aliphatic carboxylic acids is 1. The number of esters is 1. The largest absolute Gasteiger partial charge is 0.493 e. The second kappa shape index (κ2) is 13.2. The van der Waals surface area contributed by atoms with Crippen LogP contribution in [0, 0.1) is 3.57 Å². The van der Waals surface area contributed by atoms with Gasteiger partial charge in [0.2, 0.25) is 0 Å². The van der Waals surface area contributed by atoms with E-state index < -0.39 is 24.6 Å². The Morgan fingerprint density at radius 2 is 1.80 bits per heavy atom. The zero-order chi connectivity index (χ0) is 29.7. The highest BCUT2D eigenvalue weighted by Gasteiger charge is 2.31. The lowest BCUT2D eigenvalue weighted by Crippen LogP contribution is -2.39. The number of carbonyl (C=O) groups is 2. The SMILES string of the molecule is CCOc1ccc([C@H]2C(C(=O)OC)=CN=c3s/c(=C\c4cc(I)c(OCC(=O)O)c(OC)c4)c(=O)n32)cc1OCC. The molecule has 0 aliphatic carbocycles. The minimum atomic E-state index is -1.12. The van der Waals surface area contributed by atoms with Crippen molar-refractivity contribution in [2.24, 2.45) is 4.99 Å². The van der Waals surface area contributed by atoms with Crippen LogP contribution >= 0.6 is 33.9 Å². The summed E-state index contributed by atoms with van der Waals surface area (Å²) in [7, 11) is 2.71. The Labute approximate surface area is 252 Å². The number of methoxy groups -OCH3 is 2. The summed E-state index contributed by atoms with van der Waals surface area (Å²) >= 11 is 3.18. The van der Waals surface area contributed by atoms with Crippen LogP contribution in [-0.4, -0.2) is 55.7 Å². The van der Waals surface area contributed by atoms with Crippen molar-refractivity contribution in [1.82, 2.24) is 4.57 Å². The zero-order valence-corrected chi connectivity index (χ0v) is 25.6. The fourth-order valence-electron chi connectivity index (χ4n) is 4.24. The quantitative estimate of drug-likeness (QED) is 0.238. The van der Waals surface area contributed by atoms with Crippen molar-refractivity contribution in [2.45, 2.75) is 19.9 Å². The number of carboxylic acid groups (broad SMARTS) is 1. The summed E-state index contributed by atoms with van der Waals surface area (Å²) in [5.41, 5.74) is 1.07. The second-order valence-electron chi connectivity index (χ2n) is 8.46. The van der Waals surface area contributed by atoms with Crippen LogP contribution in [0.3, 0.4) is 0 Å². The van der Waals surface area contributed by atoms with Gasteiger partial charge in [-0.15, -0.1) is 0 Å². The van der Waals surface area contributed by atoms with Crippen molar-refractivity contribution < 1.29 is 38.4 Å². The predicted octanol–water partition coefficient (Wildman–Crippen LogP) is 2.89. The number of halogens is 1. The molecular weight excluding hydrogens is 667 g/mol. The molecule has 216 valence electrons. The number of carboxylic acids is 1. The minimum absolute atomic E-state index is 0.189. The third-order valence-corrected chi connectivity index (χ3v) is 7.70. The number of benzene rings is 2. The molecule has 0 saturated heterocycles. The van der Waals surface area contributed by atoms with Crippen molar-refractivity contribution in [2.75, 3.05) is 34.0 Å². The van der Waals surface area contributed by atoms with Gasteiger partial charge in [0.1, 0.15) is 0 Å². The Morgan fingerprint density at radius 3 is 2.46 bits per heavy atom. The standard InChI is InChI=1S/C28H27IN2O9S/c1-5-38-19-8-7-16(12-20(19)39-6-2)24-17(27(35)37-4)13-30-28-31(24)26(34)22(41-28)11-15-9-18(29)25(21(10-15)36-3)40-14-23(32)33/h7-13,24H,5-6,14H2,1-4H3,(H,32,33)/b22-11-/t24-/m0/s1. The number of nitrogens with zero attached hydrogens (tertiary/aromatic N) is 2. The van der Waals surface area contributed by atoms with Gasteiger partial charge in [-0.2, -0.15) is 0 Å². The van der Waals surface area contributed by atoms with E-state index in [0.717, 1.165) is 11.3 Å². The molecule has 1 atom stereocenters. The van der Waals surface area contributed by atoms with Crippen LogP contribution in [0.15, 0.2) is 51.9 Å². The highest BCUT2D eigenvalue weighted by Crippen LogP contribution is 2.36. The Bertz CT molecular complexity index is 1690. The number of hydrogen-bond acceptors (Lipinski definition) is 10. The zero-order valence-electron chi connectivity index (χ0n) is 22.6. The predicted molar refractivity (Wildman–Crippen MR) is 159 cm³/mol. The molecule has 0 spiro atoms. The van der Waals surface area contributed by atoms with E-state index in [1.807, 2.05) is 36.4 Å². The molecular formula is C28H27IN2O9S. The summed E-state index contributed by atoms with van der Waals surface area (Å²) in [4.78, 5) is 42.4. The highest BCUT2D eigenvalue weighted by molar-refractivity contribution is 14.1. The molecule has 41 heavy (non-hydrogen) atoms. The van der Waals surface area contributed by atoms with Crippen LogP contribution in [0.2, 0.25) is 0 Å². The number of hydrogen-bond donors (Lipinski definition) is 1. The molecule has 2 aromatic carbocycles. The van der Waals surface area contributed by atoms with Gasteiger partial charge >= 0.3 is 11.9 Å². The lowest BCUT2D eigenvalue weighted by atomic mass is 9.97. The topological polar surface area (TPSA) is 135 Å². The normalized spacial score (nSPS) is 14.4. The first-order valence-corrected chi connectivity index (χ1v) is 14.3. The second-order valence-corrected chi connectivity index (χ2v) is 10.6. The van der Waals surface area contributed by atoms with Crippen molar-refractivity contribution in [3.63, 3.8) is 0 Å². The molecule has 0 radical (unpaired) electrons. The number of aromatic nitrogens is 1. The van der Waals surface area contributed by atoms with E-state index in [1.54, 1.807) is 36.4 Å². The Kier molecular flexibility index (Phi) is 9.70. The molecule has 0 fully saturated rings. The monoisotopic (exact) mass is 694 g/mol. The van der Waals surface area contributed by atoms with E-state index in [2.05, 4.69) is 4.99 Å². The van der Waals surface area contributed by atoms with E-state index in [1.165, 1.54) is 25.0 Å². The molecule has 1 aromatic heterocycles. The number of thiazole rings is 1. The summed E-state index contributed by atoms with van der Waals surface area (Å²) in [6, 6.07) is 7.85. The molecule has 0 bridgehead atoms. The summed E-state index contributed by atoms with van der Waals surface area (Å²) in [6.45, 7) is 4.04. The van der Waals surface area contributed by atoms with Gasteiger partial charge in [-0.25, -0.2) is 14.6 Å². The van der Waals surface area contributed by atoms with Gasteiger partial charge in [0, 0.05) is 6.20 Å². The van der Waals surface area contributed by atoms with Crippen LogP contribution in [0.1, 0.15) is 31.0 Å². The maximum absolute atomic E-state index is 13.8. The molecule has 3 aromatic rings. The van der Waals surface area contributed by atoms with Gasteiger partial charge in [-0.05, 0) is 77.9 Å². The number of ether oxygens (including phenoxy) is 5. The molecule has 13 heteroatoms. The first kappa shape index (κ1) is 30.1. The molecule has 0 amide bonds. The van der Waals surface area contributed by atoms with E-state index in [9.17, 15) is 14.4 Å². The third kappa shape index (κ3) is 6.40. The first-order chi connectivity index (χ1) is 19.7. The van der Waals surface area contributed by atoms with Crippen molar-refractivity contribution in [3.05, 3.63) is 76.5 Å². The smallest absolute Gasteiger partial charge is 0.341 e. The van der Waals surface area contributed by atoms with Crippen LogP contribution in [0.4, 0.5) is 0 Å². The molecule has 1 aliphatic heterocycles. The average molecular weight is 694 g/mol. The van der Waals surface area contributed by atoms with Gasteiger partial charge in [0.05, 0.1) is 47.2 Å². The van der Waals surface area contributed by atoms with Crippen LogP contribution < -0.4 is 33.8 Å². The van der Waals surface area contributed by atoms with Gasteiger partial charge in [0.15, 0.2) is 34.4 Å². The third-order valence-electron chi connectivity index (χ3n) is 5.90. The Balaban J connectivity index is 1.86. The lowest BCUT2D eigenvalue weighted by Gasteiger charge is -2.23. The van der Waals surface area contributed by atoms with Gasteiger partial charge < -0.3 is 28.8 Å². The van der Waals surface area contributed by atoms with Crippen LogP contribution in [0.25, 0.3) is 6.08 Å². The molecule has 0 saturated carbocycles. The highest BCUT2D eigenvalue weighted by atomic mass is 127. The summed E-state index contributed by atoms with van der Waals surface area (Å²) in [5, 5.41) is 8.98. The number of rotatable bonds is 11. The number of fused-ring (bicyclic) bond motifs is 1. The Hall–Kier alpha value is -3.85. The summed E-state index contributed by atoms with van der Waals surface area (Å²) in [6.07, 6.45) is 3.10. The Morgan fingerprint density at radius 1 is 1.07 bits per heavy atom. The maximum atomic E-state index is 13.8. The van der Waals surface area contributed by atoms with Gasteiger partial charge in [-0.3, -0.25) is 9.36 Å². The summed E-state index contributed by atoms with van der Waals surface area (Å²) in [5.74, 6) is -0.0836. The van der Waals surface area contributed by atoms with Crippen LogP contribution in [0.5, 0.6) is 23.0 Å². The fourth-order valence-corrected chi connectivity index (χ4v) is 5.99. The average Bonchev–Trinajstić information content (AvgIpc) is 3.27. The van der Waals surface area contributed by atoms with E-state index >= 15 is 0 Å². The molecule has 1 aliphatic rings. The fraction of sp³-hybridized carbons (Fsp3) is 0.286. The summed E-state index contributed by atoms with van der Waals surface area (Å²) < 4.78 is 29.7. The van der Waals surface area contributed by atoms with Gasteiger partial charge in [0.25, 0.3) is 5.56 Å². The van der Waals surface area contributed by atoms with E-state index in [4.69, 9.17) is 28.8 Å². The van der Waals surface area contributed by atoms with Crippen molar-refractivity contribution >= 4 is 51.9 Å². The minimum Gasteiger partial charge on any atom is -0.493 e. The molecule has 1 N–H and O–H groups in total. The maximum Gasteiger partial charge on any atom is 0.341 e. The van der Waals surface area contributed by atoms with Crippen molar-refractivity contribution in [1.29, 1.82) is 0 Å². The molecule has 4 rings (SSSR count). The molecule has 0 unspecified atom stereocenters. The lowest BCUT2D eigenvalue weighted by molar-refractivity contribution is -0.139. The van der Waals surface area contributed by atoms with Crippen molar-refractivity contribution in [3.8, 4) is 23.0 Å². The first-order valence-electron chi connectivity index (χ1n) is 12.4. The molecule has 2 heterocycles.